The molecule has 1 aromatic rings. The molecule has 0 amide bonds. The lowest BCUT2D eigenvalue weighted by Gasteiger charge is -2.21. The number of hydrogen-bond acceptors (Lipinski definition) is 4. The molecule has 2 unspecified atom stereocenters. The summed E-state index contributed by atoms with van der Waals surface area (Å²) in [6.45, 7) is 4.06. The predicted octanol–water partition coefficient (Wildman–Crippen LogP) is 0.585. The first-order chi connectivity index (χ1) is 7.27. The standard InChI is InChI=1S/C10H19N3OS/c1-9(10(8-14)15-2)11-5-7-13-6-3-4-12-13/h3-4,6,9-11,14H,5,7-8H2,1-2H3. The van der Waals surface area contributed by atoms with Crippen molar-refractivity contribution in [3.05, 3.63) is 18.5 Å². The van der Waals surface area contributed by atoms with Crippen molar-refractivity contribution < 1.29 is 5.11 Å². The fourth-order valence-corrected chi connectivity index (χ4v) is 2.06. The van der Waals surface area contributed by atoms with Crippen LogP contribution in [0.2, 0.25) is 0 Å². The van der Waals surface area contributed by atoms with Gasteiger partial charge in [0.05, 0.1) is 13.2 Å². The number of aromatic nitrogens is 2. The summed E-state index contributed by atoms with van der Waals surface area (Å²) in [6, 6.07) is 2.24. The zero-order chi connectivity index (χ0) is 11.1. The second-order valence-corrected chi connectivity index (χ2v) is 4.55. The number of nitrogens with one attached hydrogen (secondary N) is 1. The molecule has 86 valence electrons. The molecule has 0 fully saturated rings. The number of hydrogen-bond donors (Lipinski definition) is 2. The van der Waals surface area contributed by atoms with Crippen LogP contribution in [0, 0.1) is 0 Å². The largest absolute Gasteiger partial charge is 0.395 e. The Morgan fingerprint density at radius 3 is 2.93 bits per heavy atom. The van der Waals surface area contributed by atoms with Gasteiger partial charge in [-0.05, 0) is 19.2 Å². The van der Waals surface area contributed by atoms with Crippen LogP contribution >= 0.6 is 11.8 Å². The average molecular weight is 229 g/mol. The van der Waals surface area contributed by atoms with Crippen LogP contribution in [0.3, 0.4) is 0 Å². The topological polar surface area (TPSA) is 50.1 Å². The number of thioether (sulfide) groups is 1. The Morgan fingerprint density at radius 1 is 1.60 bits per heavy atom. The van der Waals surface area contributed by atoms with Crippen LogP contribution in [-0.4, -0.2) is 45.6 Å². The van der Waals surface area contributed by atoms with E-state index in [1.807, 2.05) is 23.2 Å². The summed E-state index contributed by atoms with van der Waals surface area (Å²) >= 11 is 1.69. The maximum absolute atomic E-state index is 9.10. The molecule has 0 spiro atoms. The van der Waals surface area contributed by atoms with Gasteiger partial charge >= 0.3 is 0 Å². The van der Waals surface area contributed by atoms with Crippen LogP contribution in [0.5, 0.6) is 0 Å². The summed E-state index contributed by atoms with van der Waals surface area (Å²) in [5.41, 5.74) is 0. The lowest BCUT2D eigenvalue weighted by Crippen LogP contribution is -2.39. The van der Waals surface area contributed by atoms with Crippen molar-refractivity contribution >= 4 is 11.8 Å². The average Bonchev–Trinajstić information content (AvgIpc) is 2.72. The summed E-state index contributed by atoms with van der Waals surface area (Å²) in [7, 11) is 0. The fourth-order valence-electron chi connectivity index (χ4n) is 1.41. The summed E-state index contributed by atoms with van der Waals surface area (Å²) in [6.07, 6.45) is 5.75. The van der Waals surface area contributed by atoms with Crippen LogP contribution in [0.25, 0.3) is 0 Å². The number of nitrogens with zero attached hydrogens (tertiary/aromatic N) is 2. The van der Waals surface area contributed by atoms with E-state index < -0.39 is 0 Å². The molecular weight excluding hydrogens is 210 g/mol. The highest BCUT2D eigenvalue weighted by atomic mass is 32.2. The molecule has 1 heterocycles. The van der Waals surface area contributed by atoms with E-state index in [-0.39, 0.29) is 11.9 Å². The quantitative estimate of drug-likeness (QED) is 0.718. The Morgan fingerprint density at radius 2 is 2.40 bits per heavy atom. The van der Waals surface area contributed by atoms with Crippen molar-refractivity contribution in [2.75, 3.05) is 19.4 Å². The molecule has 1 aromatic heterocycles. The first kappa shape index (κ1) is 12.5. The second kappa shape index (κ2) is 6.87. The molecule has 0 saturated carbocycles. The second-order valence-electron chi connectivity index (χ2n) is 3.47. The molecule has 0 aliphatic carbocycles. The molecule has 5 heteroatoms. The molecule has 4 nitrogen and oxygen atoms in total. The van der Waals surface area contributed by atoms with E-state index in [9.17, 15) is 0 Å². The van der Waals surface area contributed by atoms with Gasteiger partial charge in [0.2, 0.25) is 0 Å². The van der Waals surface area contributed by atoms with Crippen molar-refractivity contribution in [1.29, 1.82) is 0 Å². The molecule has 0 radical (unpaired) electrons. The van der Waals surface area contributed by atoms with Gasteiger partial charge < -0.3 is 10.4 Å². The molecule has 2 atom stereocenters. The van der Waals surface area contributed by atoms with Crippen molar-refractivity contribution in [2.24, 2.45) is 0 Å². The fraction of sp³-hybridized carbons (Fsp3) is 0.700. The zero-order valence-corrected chi connectivity index (χ0v) is 10.1. The van der Waals surface area contributed by atoms with Crippen LogP contribution < -0.4 is 5.32 Å². The third-order valence-electron chi connectivity index (χ3n) is 2.41. The SMILES string of the molecule is CSC(CO)C(C)NCCn1cccn1. The Bertz CT molecular complexity index is 249. The lowest BCUT2D eigenvalue weighted by molar-refractivity contribution is 0.275. The Kier molecular flexibility index (Phi) is 5.75. The van der Waals surface area contributed by atoms with Crippen LogP contribution in [0.4, 0.5) is 0 Å². The normalized spacial score (nSPS) is 15.1. The van der Waals surface area contributed by atoms with Gasteiger partial charge in [0.15, 0.2) is 0 Å². The summed E-state index contributed by atoms with van der Waals surface area (Å²) in [5.74, 6) is 0. The molecule has 1 rings (SSSR count). The van der Waals surface area contributed by atoms with Gasteiger partial charge in [0.25, 0.3) is 0 Å². The highest BCUT2D eigenvalue weighted by molar-refractivity contribution is 7.99. The van der Waals surface area contributed by atoms with E-state index in [1.165, 1.54) is 0 Å². The Labute approximate surface area is 95.1 Å². The van der Waals surface area contributed by atoms with E-state index in [2.05, 4.69) is 17.3 Å². The minimum absolute atomic E-state index is 0.219. The molecule has 0 saturated heterocycles. The monoisotopic (exact) mass is 229 g/mol. The van der Waals surface area contributed by atoms with Gasteiger partial charge in [0, 0.05) is 30.2 Å². The third kappa shape index (κ3) is 4.24. The molecule has 2 N–H and O–H groups in total. The van der Waals surface area contributed by atoms with Gasteiger partial charge in [-0.25, -0.2) is 0 Å². The maximum atomic E-state index is 9.10. The summed E-state index contributed by atoms with van der Waals surface area (Å²) in [5, 5.41) is 16.9. The summed E-state index contributed by atoms with van der Waals surface area (Å²) < 4.78 is 1.90. The molecule has 0 aliphatic heterocycles. The molecular formula is C10H19N3OS. The molecule has 0 aromatic carbocycles. The predicted molar refractivity (Wildman–Crippen MR) is 64.1 cm³/mol. The number of aliphatic hydroxyl groups excluding tert-OH is 1. The minimum Gasteiger partial charge on any atom is -0.395 e. The van der Waals surface area contributed by atoms with Crippen molar-refractivity contribution in [3.8, 4) is 0 Å². The van der Waals surface area contributed by atoms with Gasteiger partial charge in [-0.3, -0.25) is 4.68 Å². The maximum Gasteiger partial charge on any atom is 0.0564 e. The van der Waals surface area contributed by atoms with E-state index in [1.54, 1.807) is 18.0 Å². The van der Waals surface area contributed by atoms with Gasteiger partial charge in [-0.1, -0.05) is 0 Å². The lowest BCUT2D eigenvalue weighted by atomic mass is 10.2. The highest BCUT2D eigenvalue weighted by Crippen LogP contribution is 2.09. The number of aliphatic hydroxyl groups is 1. The van der Waals surface area contributed by atoms with Gasteiger partial charge in [-0.2, -0.15) is 16.9 Å². The number of rotatable bonds is 7. The molecule has 15 heavy (non-hydrogen) atoms. The van der Waals surface area contributed by atoms with Gasteiger partial charge in [0.1, 0.15) is 0 Å². The van der Waals surface area contributed by atoms with E-state index in [0.717, 1.165) is 13.1 Å². The van der Waals surface area contributed by atoms with Crippen molar-refractivity contribution in [2.45, 2.75) is 24.8 Å². The van der Waals surface area contributed by atoms with Crippen LogP contribution in [0.15, 0.2) is 18.5 Å². The van der Waals surface area contributed by atoms with Crippen LogP contribution in [0.1, 0.15) is 6.92 Å². The van der Waals surface area contributed by atoms with E-state index >= 15 is 0 Å². The zero-order valence-electron chi connectivity index (χ0n) is 9.26. The highest BCUT2D eigenvalue weighted by Gasteiger charge is 2.13. The Hall–Kier alpha value is -0.520. The minimum atomic E-state index is 0.219. The first-order valence-corrected chi connectivity index (χ1v) is 6.41. The first-order valence-electron chi connectivity index (χ1n) is 5.12. The molecule has 0 bridgehead atoms. The van der Waals surface area contributed by atoms with Crippen molar-refractivity contribution in [1.82, 2.24) is 15.1 Å². The summed E-state index contributed by atoms with van der Waals surface area (Å²) in [4.78, 5) is 0. The smallest absolute Gasteiger partial charge is 0.0564 e. The van der Waals surface area contributed by atoms with Crippen molar-refractivity contribution in [3.63, 3.8) is 0 Å². The molecule has 0 aliphatic rings. The van der Waals surface area contributed by atoms with Crippen LogP contribution in [-0.2, 0) is 6.54 Å². The van der Waals surface area contributed by atoms with E-state index in [0.29, 0.717) is 6.04 Å². The van der Waals surface area contributed by atoms with Gasteiger partial charge in [-0.15, -0.1) is 0 Å². The Balaban J connectivity index is 2.19. The van der Waals surface area contributed by atoms with E-state index in [4.69, 9.17) is 5.11 Å². The third-order valence-corrected chi connectivity index (χ3v) is 3.57.